The molecule has 0 spiro atoms. The molecule has 2 saturated heterocycles. The molecule has 41 heavy (non-hydrogen) atoms. The van der Waals surface area contributed by atoms with Gasteiger partial charge >= 0.3 is 6.18 Å². The first-order valence-corrected chi connectivity index (χ1v) is 14.7. The van der Waals surface area contributed by atoms with Crippen LogP contribution < -0.4 is 5.32 Å². The Morgan fingerprint density at radius 3 is 2.34 bits per heavy atom. The standard InChI is InChI=1S/C27H30F3N5O5S/c1-17(37)31-21-2-4-22(5-3-21)41(39,40)34-11-7-19(8-12-34)20-9-13-35-23(14-20)24(25(32-35)27(28,29)30)26(38)33-10-6-18(15-33)16-36/h2-5,9,13-14,18-19,36H,6-8,10-12,15-16H2,1H3,(H,31,37). The molecule has 5 rings (SSSR count). The number of amides is 2. The van der Waals surface area contributed by atoms with Crippen LogP contribution in [-0.4, -0.2) is 76.9 Å². The van der Waals surface area contributed by atoms with Crippen LogP contribution in [-0.2, 0) is 21.0 Å². The highest BCUT2D eigenvalue weighted by atomic mass is 32.2. The van der Waals surface area contributed by atoms with Gasteiger partial charge in [-0.3, -0.25) is 9.59 Å². The molecule has 2 aliphatic rings. The molecule has 0 bridgehead atoms. The molecule has 2 aliphatic heterocycles. The van der Waals surface area contributed by atoms with Gasteiger partial charge < -0.3 is 15.3 Å². The van der Waals surface area contributed by atoms with E-state index in [4.69, 9.17) is 0 Å². The summed E-state index contributed by atoms with van der Waals surface area (Å²) < 4.78 is 70.6. The summed E-state index contributed by atoms with van der Waals surface area (Å²) in [4.78, 5) is 25.9. The number of rotatable bonds is 6. The first-order valence-electron chi connectivity index (χ1n) is 13.3. The number of aliphatic hydroxyl groups is 1. The predicted octanol–water partition coefficient (Wildman–Crippen LogP) is 3.33. The molecule has 14 heteroatoms. The van der Waals surface area contributed by atoms with Crippen molar-refractivity contribution in [2.24, 2.45) is 5.92 Å². The summed E-state index contributed by atoms with van der Waals surface area (Å²) in [6, 6.07) is 9.09. The van der Waals surface area contributed by atoms with Crippen molar-refractivity contribution in [3.05, 3.63) is 59.4 Å². The quantitative estimate of drug-likeness (QED) is 0.452. The number of pyridine rings is 1. The number of halogens is 3. The van der Waals surface area contributed by atoms with Gasteiger partial charge in [-0.15, -0.1) is 0 Å². The van der Waals surface area contributed by atoms with E-state index >= 15 is 0 Å². The van der Waals surface area contributed by atoms with Gasteiger partial charge in [-0.25, -0.2) is 12.9 Å². The summed E-state index contributed by atoms with van der Waals surface area (Å²) in [7, 11) is -3.78. The Kier molecular flexibility index (Phi) is 7.83. The number of piperidine rings is 1. The molecular formula is C27H30F3N5O5S. The number of likely N-dealkylation sites (tertiary alicyclic amines) is 1. The second-order valence-corrected chi connectivity index (χ2v) is 12.4. The Hall–Kier alpha value is -3.49. The van der Waals surface area contributed by atoms with E-state index in [-0.39, 0.29) is 60.9 Å². The number of benzene rings is 1. The fourth-order valence-corrected chi connectivity index (χ4v) is 7.01. The summed E-state index contributed by atoms with van der Waals surface area (Å²) in [5.41, 5.74) is -0.541. The molecule has 220 valence electrons. The molecule has 2 fully saturated rings. The number of hydrogen-bond acceptors (Lipinski definition) is 6. The lowest BCUT2D eigenvalue weighted by atomic mass is 9.90. The van der Waals surface area contributed by atoms with Crippen molar-refractivity contribution in [3.63, 3.8) is 0 Å². The second-order valence-electron chi connectivity index (χ2n) is 10.5. The Morgan fingerprint density at radius 1 is 1.07 bits per heavy atom. The highest BCUT2D eigenvalue weighted by Gasteiger charge is 2.42. The first-order chi connectivity index (χ1) is 19.4. The predicted molar refractivity (Wildman–Crippen MR) is 143 cm³/mol. The van der Waals surface area contributed by atoms with Crippen LogP contribution in [0.3, 0.4) is 0 Å². The smallest absolute Gasteiger partial charge is 0.396 e. The molecule has 10 nitrogen and oxygen atoms in total. The average molecular weight is 594 g/mol. The van der Waals surface area contributed by atoms with Crippen LogP contribution in [0.25, 0.3) is 5.52 Å². The van der Waals surface area contributed by atoms with Crippen LogP contribution >= 0.6 is 0 Å². The maximum Gasteiger partial charge on any atom is 0.436 e. The number of aliphatic hydroxyl groups excluding tert-OH is 1. The average Bonchev–Trinajstić information content (AvgIpc) is 3.58. The van der Waals surface area contributed by atoms with Gasteiger partial charge in [-0.1, -0.05) is 0 Å². The molecule has 4 heterocycles. The van der Waals surface area contributed by atoms with Crippen LogP contribution in [0.5, 0.6) is 0 Å². The van der Waals surface area contributed by atoms with Crippen LogP contribution in [0.2, 0.25) is 0 Å². The van der Waals surface area contributed by atoms with Crippen LogP contribution in [0, 0.1) is 5.92 Å². The fraction of sp³-hybridized carbons (Fsp3) is 0.444. The van der Waals surface area contributed by atoms with E-state index in [0.29, 0.717) is 30.5 Å². The lowest BCUT2D eigenvalue weighted by Gasteiger charge is -2.31. The van der Waals surface area contributed by atoms with Crippen molar-refractivity contribution in [1.29, 1.82) is 0 Å². The Bertz CT molecular complexity index is 1560. The Morgan fingerprint density at radius 2 is 1.76 bits per heavy atom. The zero-order valence-electron chi connectivity index (χ0n) is 22.3. The number of nitrogens with one attached hydrogen (secondary N) is 1. The maximum atomic E-state index is 13.9. The Balaban J connectivity index is 1.37. The molecule has 0 saturated carbocycles. The topological polar surface area (TPSA) is 124 Å². The number of alkyl halides is 3. The lowest BCUT2D eigenvalue weighted by molar-refractivity contribution is -0.141. The second kappa shape index (κ2) is 11.1. The van der Waals surface area contributed by atoms with Crippen molar-refractivity contribution in [3.8, 4) is 0 Å². The summed E-state index contributed by atoms with van der Waals surface area (Å²) in [6.07, 6.45) is -2.06. The minimum Gasteiger partial charge on any atom is -0.396 e. The summed E-state index contributed by atoms with van der Waals surface area (Å²) in [5, 5.41) is 15.7. The van der Waals surface area contributed by atoms with Crippen molar-refractivity contribution in [2.75, 3.05) is 38.1 Å². The van der Waals surface area contributed by atoms with Gasteiger partial charge in [0.05, 0.1) is 16.0 Å². The van der Waals surface area contributed by atoms with Crippen LogP contribution in [0.15, 0.2) is 47.5 Å². The molecule has 0 radical (unpaired) electrons. The van der Waals surface area contributed by atoms with E-state index < -0.39 is 33.4 Å². The molecule has 1 atom stereocenters. The normalized spacial score (nSPS) is 19.1. The molecule has 2 amide bonds. The van der Waals surface area contributed by atoms with Crippen molar-refractivity contribution in [2.45, 2.75) is 43.2 Å². The van der Waals surface area contributed by atoms with Crippen molar-refractivity contribution >= 4 is 33.0 Å². The van der Waals surface area contributed by atoms with E-state index in [1.807, 2.05) is 0 Å². The van der Waals surface area contributed by atoms with Crippen LogP contribution in [0.4, 0.5) is 18.9 Å². The molecule has 2 N–H and O–H groups in total. The number of anilines is 1. The minimum absolute atomic E-state index is 0.0431. The number of hydrogen-bond donors (Lipinski definition) is 2. The summed E-state index contributed by atoms with van der Waals surface area (Å²) in [5.74, 6) is -1.35. The highest BCUT2D eigenvalue weighted by Crippen LogP contribution is 2.37. The van der Waals surface area contributed by atoms with E-state index in [9.17, 15) is 36.3 Å². The third-order valence-corrected chi connectivity index (χ3v) is 9.62. The van der Waals surface area contributed by atoms with Crippen molar-refractivity contribution < 1.29 is 36.3 Å². The molecule has 1 aromatic carbocycles. The molecule has 1 unspecified atom stereocenters. The molecule has 3 aromatic rings. The monoisotopic (exact) mass is 593 g/mol. The van der Waals surface area contributed by atoms with Gasteiger partial charge in [-0.2, -0.15) is 22.6 Å². The lowest BCUT2D eigenvalue weighted by Crippen LogP contribution is -2.37. The number of sulfonamides is 1. The van der Waals surface area contributed by atoms with Gasteiger partial charge in [0.25, 0.3) is 5.91 Å². The maximum absolute atomic E-state index is 13.9. The Labute approximate surface area is 234 Å². The fourth-order valence-electron chi connectivity index (χ4n) is 5.54. The number of nitrogens with zero attached hydrogens (tertiary/aromatic N) is 4. The van der Waals surface area contributed by atoms with Gasteiger partial charge in [0.1, 0.15) is 0 Å². The number of aromatic nitrogens is 2. The van der Waals surface area contributed by atoms with Gasteiger partial charge in [0, 0.05) is 57.5 Å². The zero-order valence-corrected chi connectivity index (χ0v) is 23.1. The van der Waals surface area contributed by atoms with Gasteiger partial charge in [0.2, 0.25) is 15.9 Å². The van der Waals surface area contributed by atoms with Gasteiger partial charge in [0.15, 0.2) is 5.69 Å². The largest absolute Gasteiger partial charge is 0.436 e. The summed E-state index contributed by atoms with van der Waals surface area (Å²) >= 11 is 0. The van der Waals surface area contributed by atoms with Crippen LogP contribution in [0.1, 0.15) is 53.7 Å². The molecule has 2 aromatic heterocycles. The van der Waals surface area contributed by atoms with E-state index in [1.165, 1.54) is 46.6 Å². The highest BCUT2D eigenvalue weighted by molar-refractivity contribution is 7.89. The van der Waals surface area contributed by atoms with Gasteiger partial charge in [-0.05, 0) is 67.1 Å². The number of carbonyl (C=O) groups is 2. The molecule has 0 aliphatic carbocycles. The molecular weight excluding hydrogens is 563 g/mol. The number of fused-ring (bicyclic) bond motifs is 1. The van der Waals surface area contributed by atoms with Crippen molar-refractivity contribution in [1.82, 2.24) is 18.8 Å². The van der Waals surface area contributed by atoms with E-state index in [0.717, 1.165) is 4.52 Å². The third-order valence-electron chi connectivity index (χ3n) is 7.71. The van der Waals surface area contributed by atoms with E-state index in [1.54, 1.807) is 12.1 Å². The zero-order chi connectivity index (χ0) is 29.5. The first kappa shape index (κ1) is 29.0. The minimum atomic E-state index is -4.84. The third kappa shape index (κ3) is 5.81. The SMILES string of the molecule is CC(=O)Nc1ccc(S(=O)(=O)N2CCC(c3ccn4nc(C(F)(F)F)c(C(=O)N5CCC(CO)C5)c4c3)CC2)cc1. The number of carbonyl (C=O) groups excluding carboxylic acids is 2. The van der Waals surface area contributed by atoms with E-state index in [2.05, 4.69) is 10.4 Å². The summed E-state index contributed by atoms with van der Waals surface area (Å²) in [6.45, 7) is 2.05.